The highest BCUT2D eigenvalue weighted by Crippen LogP contribution is 2.24. The second-order valence-electron chi connectivity index (χ2n) is 3.03. The maximum absolute atomic E-state index is 10.2. The predicted molar refractivity (Wildman–Crippen MR) is 64.0 cm³/mol. The molecule has 7 heteroatoms. The smallest absolute Gasteiger partial charge is 0.265 e. The molecule has 0 N–H and O–H groups in total. The van der Waals surface area contributed by atoms with Crippen molar-refractivity contribution < 1.29 is 9.85 Å². The summed E-state index contributed by atoms with van der Waals surface area (Å²) in [5, 5.41) is 20.5. The van der Waals surface area contributed by atoms with Gasteiger partial charge in [-0.05, 0) is 12.1 Å². The molecule has 0 aliphatic carbocycles. The molecule has 1 heterocycles. The molecule has 1 aromatic heterocycles. The van der Waals surface area contributed by atoms with Crippen molar-refractivity contribution in [1.82, 2.24) is 4.98 Å². The Kier molecular flexibility index (Phi) is 4.92. The van der Waals surface area contributed by atoms with Crippen LogP contribution in [-0.4, -0.2) is 14.8 Å². The molecule has 0 atom stereocenters. The number of nitro benzene ring substituents is 2. The van der Waals surface area contributed by atoms with Crippen molar-refractivity contribution in [2.24, 2.45) is 0 Å². The summed E-state index contributed by atoms with van der Waals surface area (Å²) in [6, 6.07) is 10.7. The molecule has 0 saturated carbocycles. The van der Waals surface area contributed by atoms with E-state index in [1.165, 1.54) is 12.1 Å². The lowest BCUT2D eigenvalue weighted by Gasteiger charge is -1.91. The maximum atomic E-state index is 10.2. The van der Waals surface area contributed by atoms with E-state index in [0.717, 1.165) is 12.1 Å². The van der Waals surface area contributed by atoms with Crippen LogP contribution in [0.2, 0.25) is 0 Å². The van der Waals surface area contributed by atoms with Crippen molar-refractivity contribution in [1.29, 1.82) is 0 Å². The van der Waals surface area contributed by atoms with Gasteiger partial charge in [-0.3, -0.25) is 25.2 Å². The first-order valence-corrected chi connectivity index (χ1v) is 4.85. The van der Waals surface area contributed by atoms with Gasteiger partial charge >= 0.3 is 11.4 Å². The van der Waals surface area contributed by atoms with E-state index in [1.54, 1.807) is 12.4 Å². The number of nitro groups is 2. The Hall–Kier alpha value is -2.83. The topological polar surface area (TPSA) is 99.2 Å². The molecule has 0 spiro atoms. The summed E-state index contributed by atoms with van der Waals surface area (Å²) in [4.78, 5) is 22.7. The average molecular weight is 247 g/mol. The molecule has 0 fully saturated rings. The normalized spacial score (nSPS) is 8.89. The fourth-order valence-corrected chi connectivity index (χ4v) is 1.09. The largest absolute Gasteiger partial charge is 0.346 e. The minimum atomic E-state index is -0.780. The fourth-order valence-electron chi connectivity index (χ4n) is 1.09. The summed E-state index contributed by atoms with van der Waals surface area (Å²) >= 11 is 0. The van der Waals surface area contributed by atoms with Crippen molar-refractivity contribution in [3.63, 3.8) is 0 Å². The van der Waals surface area contributed by atoms with E-state index in [1.807, 2.05) is 18.2 Å². The van der Waals surface area contributed by atoms with Crippen molar-refractivity contribution in [3.05, 3.63) is 75.1 Å². The van der Waals surface area contributed by atoms with Gasteiger partial charge in [-0.15, -0.1) is 0 Å². The molecular weight excluding hydrogens is 238 g/mol. The summed E-state index contributed by atoms with van der Waals surface area (Å²) in [5.41, 5.74) is -0.968. The molecule has 2 aromatic rings. The first kappa shape index (κ1) is 13.2. The van der Waals surface area contributed by atoms with Gasteiger partial charge in [0, 0.05) is 24.5 Å². The Balaban J connectivity index is 0.000000225. The zero-order valence-corrected chi connectivity index (χ0v) is 9.17. The quantitative estimate of drug-likeness (QED) is 0.599. The molecule has 18 heavy (non-hydrogen) atoms. The predicted octanol–water partition coefficient (Wildman–Crippen LogP) is 2.58. The molecule has 0 bridgehead atoms. The molecule has 2 rings (SSSR count). The molecule has 0 aliphatic heterocycles. The number of rotatable bonds is 2. The number of nitrogens with zero attached hydrogens (tertiary/aromatic N) is 3. The Morgan fingerprint density at radius 1 is 0.778 bits per heavy atom. The standard InChI is InChI=1S/C6H4N2O4.C5H5N/c9-7(10)5-3-1-2-4-6(5)8(11)12;1-2-4-6-5-3-1/h1-4H;1-5H. The van der Waals surface area contributed by atoms with Crippen LogP contribution in [0.15, 0.2) is 54.9 Å². The number of hydrogen-bond donors (Lipinski definition) is 0. The third kappa shape index (κ3) is 3.97. The van der Waals surface area contributed by atoms with Gasteiger partial charge in [0.15, 0.2) is 0 Å². The van der Waals surface area contributed by atoms with Crippen LogP contribution in [0.1, 0.15) is 0 Å². The van der Waals surface area contributed by atoms with Crippen LogP contribution >= 0.6 is 0 Å². The summed E-state index contributed by atoms with van der Waals surface area (Å²) in [7, 11) is 0. The maximum Gasteiger partial charge on any atom is 0.346 e. The first-order valence-electron chi connectivity index (χ1n) is 4.85. The minimum Gasteiger partial charge on any atom is -0.265 e. The second kappa shape index (κ2) is 6.69. The molecule has 0 unspecified atom stereocenters. The van der Waals surface area contributed by atoms with E-state index in [0.29, 0.717) is 0 Å². The van der Waals surface area contributed by atoms with Gasteiger partial charge in [0.05, 0.1) is 9.85 Å². The second-order valence-corrected chi connectivity index (χ2v) is 3.03. The molecule has 92 valence electrons. The summed E-state index contributed by atoms with van der Waals surface area (Å²) in [5.74, 6) is 0. The van der Waals surface area contributed by atoms with Gasteiger partial charge in [0.1, 0.15) is 0 Å². The van der Waals surface area contributed by atoms with Crippen LogP contribution in [0.3, 0.4) is 0 Å². The van der Waals surface area contributed by atoms with E-state index in [2.05, 4.69) is 4.98 Å². The third-order valence-corrected chi connectivity index (χ3v) is 1.84. The van der Waals surface area contributed by atoms with Crippen molar-refractivity contribution in [3.8, 4) is 0 Å². The van der Waals surface area contributed by atoms with Gasteiger partial charge in [0.25, 0.3) is 0 Å². The summed E-state index contributed by atoms with van der Waals surface area (Å²) in [6.45, 7) is 0. The minimum absolute atomic E-state index is 0.484. The third-order valence-electron chi connectivity index (χ3n) is 1.84. The number of para-hydroxylation sites is 2. The molecule has 0 radical (unpaired) electrons. The lowest BCUT2D eigenvalue weighted by Crippen LogP contribution is -1.95. The van der Waals surface area contributed by atoms with Crippen LogP contribution in [0.25, 0.3) is 0 Å². The SMILES string of the molecule is O=[N+]([O-])c1ccccc1[N+](=O)[O-].c1ccncc1. The zero-order chi connectivity index (χ0) is 13.4. The van der Waals surface area contributed by atoms with E-state index in [-0.39, 0.29) is 0 Å². The van der Waals surface area contributed by atoms with Crippen molar-refractivity contribution in [2.75, 3.05) is 0 Å². The Morgan fingerprint density at radius 2 is 1.22 bits per heavy atom. The number of pyridine rings is 1. The van der Waals surface area contributed by atoms with Crippen LogP contribution in [-0.2, 0) is 0 Å². The lowest BCUT2D eigenvalue weighted by atomic mass is 10.3. The van der Waals surface area contributed by atoms with Crippen molar-refractivity contribution in [2.45, 2.75) is 0 Å². The van der Waals surface area contributed by atoms with E-state index >= 15 is 0 Å². The van der Waals surface area contributed by atoms with Gasteiger partial charge in [-0.1, -0.05) is 18.2 Å². The average Bonchev–Trinajstić information content (AvgIpc) is 2.41. The first-order chi connectivity index (χ1) is 8.63. The van der Waals surface area contributed by atoms with E-state index < -0.39 is 21.2 Å². The zero-order valence-electron chi connectivity index (χ0n) is 9.17. The number of hydrogen-bond acceptors (Lipinski definition) is 5. The lowest BCUT2D eigenvalue weighted by molar-refractivity contribution is -0.422. The Bertz CT molecular complexity index is 471. The molecule has 1 aromatic carbocycles. The molecular formula is C11H9N3O4. The van der Waals surface area contributed by atoms with Gasteiger partial charge in [-0.25, -0.2) is 0 Å². The summed E-state index contributed by atoms with van der Waals surface area (Å²) in [6.07, 6.45) is 3.50. The molecule has 7 nitrogen and oxygen atoms in total. The fraction of sp³-hybridized carbons (Fsp3) is 0. The molecule has 0 amide bonds. The monoisotopic (exact) mass is 247 g/mol. The highest BCUT2D eigenvalue weighted by molar-refractivity contribution is 5.51. The molecule has 0 aliphatic rings. The van der Waals surface area contributed by atoms with Gasteiger partial charge in [-0.2, -0.15) is 0 Å². The van der Waals surface area contributed by atoms with Crippen LogP contribution < -0.4 is 0 Å². The van der Waals surface area contributed by atoms with E-state index in [4.69, 9.17) is 0 Å². The van der Waals surface area contributed by atoms with Crippen molar-refractivity contribution >= 4 is 11.4 Å². The molecule has 0 saturated heterocycles. The van der Waals surface area contributed by atoms with Gasteiger partial charge in [0.2, 0.25) is 0 Å². The van der Waals surface area contributed by atoms with Gasteiger partial charge < -0.3 is 0 Å². The number of aromatic nitrogens is 1. The van der Waals surface area contributed by atoms with Crippen LogP contribution in [0.4, 0.5) is 11.4 Å². The summed E-state index contributed by atoms with van der Waals surface area (Å²) < 4.78 is 0. The number of benzene rings is 1. The Morgan fingerprint density at radius 3 is 1.44 bits per heavy atom. The Labute approximate surface area is 102 Å². The highest BCUT2D eigenvalue weighted by atomic mass is 16.6. The van der Waals surface area contributed by atoms with Crippen LogP contribution in [0, 0.1) is 20.2 Å². The van der Waals surface area contributed by atoms with Crippen LogP contribution in [0.5, 0.6) is 0 Å². The van der Waals surface area contributed by atoms with E-state index in [9.17, 15) is 20.2 Å². The highest BCUT2D eigenvalue weighted by Gasteiger charge is 2.21.